The van der Waals surface area contributed by atoms with Gasteiger partial charge in [0.1, 0.15) is 83.6 Å². The van der Waals surface area contributed by atoms with E-state index in [4.69, 9.17) is 85.3 Å². The highest BCUT2D eigenvalue weighted by Gasteiger charge is 2.77. The molecule has 0 aromatic rings. The number of esters is 16. The van der Waals surface area contributed by atoms with Gasteiger partial charge in [0.05, 0.1) is 84.2 Å². The molecule has 34 nitrogen and oxygen atoms in total. The Balaban J connectivity index is 0.000000221. The van der Waals surface area contributed by atoms with Gasteiger partial charge in [0.2, 0.25) is 0 Å². The van der Waals surface area contributed by atoms with E-state index in [0.717, 1.165) is 87.9 Å². The third-order valence-electron chi connectivity index (χ3n) is 37.5. The van der Waals surface area contributed by atoms with Crippen molar-refractivity contribution in [3.05, 3.63) is 0 Å². The molecule has 13 saturated carbocycles. The molecule has 146 heavy (non-hydrogen) atoms. The van der Waals surface area contributed by atoms with Crippen LogP contribution in [0.25, 0.3) is 0 Å². The van der Waals surface area contributed by atoms with Crippen LogP contribution in [0.5, 0.6) is 0 Å². The summed E-state index contributed by atoms with van der Waals surface area (Å²) in [7, 11) is 1.21. The molecule has 9 saturated heterocycles. The molecule has 13 aliphatic carbocycles. The summed E-state index contributed by atoms with van der Waals surface area (Å²) in [4.78, 5) is 198. The molecule has 22 fully saturated rings. The molecule has 34 heteroatoms. The number of hydrogen-bond donors (Lipinski definition) is 0. The van der Waals surface area contributed by atoms with Crippen LogP contribution in [-0.4, -0.2) is 218 Å². The smallest absolute Gasteiger partial charge is 0.344 e. The Labute approximate surface area is 866 Å². The summed E-state index contributed by atoms with van der Waals surface area (Å²) in [5.74, 6) is -7.28. The van der Waals surface area contributed by atoms with Crippen molar-refractivity contribution >= 4 is 95.5 Å². The lowest BCUT2D eigenvalue weighted by Crippen LogP contribution is -2.50. The maximum atomic E-state index is 13.9. The van der Waals surface area contributed by atoms with Gasteiger partial charge in [0, 0.05) is 41.4 Å². The maximum Gasteiger partial charge on any atom is 0.344 e. The summed E-state index contributed by atoms with van der Waals surface area (Å²) in [5, 5.41) is 0. The first-order chi connectivity index (χ1) is 65.0. The average Bonchev–Trinajstić information content (AvgIpc) is 1.52. The van der Waals surface area contributed by atoms with E-state index in [1.807, 2.05) is 62.3 Å². The summed E-state index contributed by atoms with van der Waals surface area (Å²) in [5.41, 5.74) is -1.19. The van der Waals surface area contributed by atoms with Crippen LogP contribution in [0.3, 0.4) is 0 Å². The Hall–Kier alpha value is -8.56. The monoisotopic (exact) mass is 2070 g/mol. The normalized spacial score (nSPS) is 40.8. The number of methoxy groups -OCH3 is 1. The highest BCUT2D eigenvalue weighted by atomic mass is 16.7. The van der Waals surface area contributed by atoms with Crippen LogP contribution in [0.4, 0.5) is 0 Å². The molecule has 9 aliphatic heterocycles. The molecule has 0 aromatic heterocycles. The zero-order chi connectivity index (χ0) is 96.8. The molecule has 22 rings (SSSR count). The first-order valence-electron chi connectivity index (χ1n) is 51.4. The lowest BCUT2D eigenvalue weighted by Gasteiger charge is -2.46. The summed E-state index contributed by atoms with van der Waals surface area (Å²) in [6, 6.07) is 0. The molecule has 830 valence electrons. The molecule has 0 spiro atoms. The SMILES string of the molecule is C.C.C.C.C.C.C.C.C.C.CCC(C)C(=O)OC1C2CC3C1OC(=O)C3C2C(=O)OC1(C)CCCCC1.CCC(C)C(=O)OC1C2CC3C1OC(=O)C3C2C(=O)OC1(CC)CC2CC1C1C3CCC(C3)C21.CCC(C)C(=O)OC1C2CC3C1OC(=O)C3C2C(=O)OC1(CC)CC2CCC1C2.CCC(C)C(=O)OCC(=O)OC1C2CC3C(=O)OC1C3O2.CCC(C)C(=O)OCC(=O)OC1C2OC(=O)C3C2OC1C3C(=O)OC. The molecule has 16 bridgehead atoms. The molecule has 9 heterocycles. The lowest BCUT2D eigenvalue weighted by atomic mass is 9.65. The largest absolute Gasteiger partial charge is 0.469 e. The molecular formula is C112H178O34. The van der Waals surface area contributed by atoms with E-state index >= 15 is 0 Å². The van der Waals surface area contributed by atoms with E-state index in [2.05, 4.69) is 13.8 Å². The van der Waals surface area contributed by atoms with Crippen LogP contribution in [-0.2, 0) is 162 Å². The minimum atomic E-state index is -0.924. The van der Waals surface area contributed by atoms with Crippen molar-refractivity contribution in [3.8, 4) is 0 Å². The Morgan fingerprint density at radius 3 is 1.18 bits per heavy atom. The molecule has 0 amide bonds. The summed E-state index contributed by atoms with van der Waals surface area (Å²) in [6.07, 6.45) is 15.9. The highest BCUT2D eigenvalue weighted by molar-refractivity contribution is 5.90. The molecule has 44 atom stereocenters. The van der Waals surface area contributed by atoms with Gasteiger partial charge in [-0.2, -0.15) is 0 Å². The zero-order valence-corrected chi connectivity index (χ0v) is 80.7. The number of fused-ring (bicyclic) bond motifs is 16. The number of carbonyl (C=O) groups excluding carboxylic acids is 16. The van der Waals surface area contributed by atoms with Crippen molar-refractivity contribution in [1.82, 2.24) is 0 Å². The minimum Gasteiger partial charge on any atom is -0.469 e. The van der Waals surface area contributed by atoms with Crippen molar-refractivity contribution in [2.45, 2.75) is 427 Å². The fraction of sp³-hybridized carbons (Fsp3) is 0.857. The van der Waals surface area contributed by atoms with Gasteiger partial charge in [-0.1, -0.05) is 164 Å². The van der Waals surface area contributed by atoms with E-state index in [-0.39, 0.29) is 228 Å². The number of hydrogen-bond acceptors (Lipinski definition) is 34. The van der Waals surface area contributed by atoms with Gasteiger partial charge in [-0.15, -0.1) is 0 Å². The topological polar surface area (TPSA) is 439 Å². The fourth-order valence-corrected chi connectivity index (χ4v) is 29.7. The number of carbonyl (C=O) groups is 16. The van der Waals surface area contributed by atoms with Crippen molar-refractivity contribution in [2.75, 3.05) is 20.3 Å². The molecule has 44 unspecified atom stereocenters. The van der Waals surface area contributed by atoms with Crippen LogP contribution < -0.4 is 0 Å². The van der Waals surface area contributed by atoms with Gasteiger partial charge < -0.3 is 85.3 Å². The van der Waals surface area contributed by atoms with Crippen molar-refractivity contribution in [3.63, 3.8) is 0 Å². The molecule has 0 aromatic carbocycles. The van der Waals surface area contributed by atoms with Crippen LogP contribution in [0.15, 0.2) is 0 Å². The predicted molar refractivity (Wildman–Crippen MR) is 531 cm³/mol. The zero-order valence-electron chi connectivity index (χ0n) is 80.7. The van der Waals surface area contributed by atoms with Gasteiger partial charge in [0.15, 0.2) is 37.6 Å². The second kappa shape index (κ2) is 48.0. The third kappa shape index (κ3) is 21.1. The molecule has 22 aliphatic rings. The van der Waals surface area contributed by atoms with Crippen molar-refractivity contribution in [2.24, 2.45) is 166 Å². The second-order valence-electron chi connectivity index (χ2n) is 44.3. The predicted octanol–water partition coefficient (Wildman–Crippen LogP) is 16.6. The summed E-state index contributed by atoms with van der Waals surface area (Å²) < 4.78 is 99.7. The van der Waals surface area contributed by atoms with E-state index in [9.17, 15) is 76.7 Å². The van der Waals surface area contributed by atoms with E-state index in [1.54, 1.807) is 13.8 Å². The summed E-state index contributed by atoms with van der Waals surface area (Å²) >= 11 is 0. The van der Waals surface area contributed by atoms with E-state index < -0.39 is 175 Å². The quantitative estimate of drug-likeness (QED) is 0.0399. The van der Waals surface area contributed by atoms with Crippen molar-refractivity contribution < 1.29 is 162 Å². The Morgan fingerprint density at radius 1 is 0.349 bits per heavy atom. The number of ether oxygens (including phenoxy) is 18. The van der Waals surface area contributed by atoms with Gasteiger partial charge in [-0.05, 0) is 202 Å². The minimum absolute atomic E-state index is 0. The number of rotatable bonds is 28. The fourth-order valence-electron chi connectivity index (χ4n) is 29.7. The van der Waals surface area contributed by atoms with Gasteiger partial charge >= 0.3 is 95.5 Å². The molecule has 0 N–H and O–H groups in total. The van der Waals surface area contributed by atoms with Crippen LogP contribution in [0.2, 0.25) is 0 Å². The van der Waals surface area contributed by atoms with Gasteiger partial charge in [-0.25, -0.2) is 9.59 Å². The first kappa shape index (κ1) is 123. The third-order valence-corrected chi connectivity index (χ3v) is 37.5. The Bertz CT molecular complexity index is 4690. The van der Waals surface area contributed by atoms with Crippen LogP contribution >= 0.6 is 0 Å². The lowest BCUT2D eigenvalue weighted by molar-refractivity contribution is -0.185. The van der Waals surface area contributed by atoms with Crippen LogP contribution in [0, 0.1) is 166 Å². The van der Waals surface area contributed by atoms with Gasteiger partial charge in [-0.3, -0.25) is 67.1 Å². The molecular weight excluding hydrogens is 1890 g/mol. The maximum absolute atomic E-state index is 13.9. The van der Waals surface area contributed by atoms with Crippen LogP contribution in [0.1, 0.15) is 325 Å². The Morgan fingerprint density at radius 2 is 0.753 bits per heavy atom. The molecule has 0 radical (unpaired) electrons. The Kier molecular flexibility index (Phi) is 40.3. The van der Waals surface area contributed by atoms with E-state index in [1.165, 1.54) is 45.6 Å². The van der Waals surface area contributed by atoms with Crippen molar-refractivity contribution in [1.29, 1.82) is 0 Å². The van der Waals surface area contributed by atoms with Gasteiger partial charge in [0.25, 0.3) is 0 Å². The first-order valence-corrected chi connectivity index (χ1v) is 51.4. The second-order valence-corrected chi connectivity index (χ2v) is 44.3. The highest BCUT2D eigenvalue weighted by Crippen LogP contribution is 2.72. The summed E-state index contributed by atoms with van der Waals surface area (Å²) in [6.45, 7) is 23.8. The standard InChI is InChI=1S/C28H38O6.C23H32O6.C21H30O6.C16H20O9.C14H18O7.10CH4/c1-4-12(3)25(29)32-23-17-10-16-21(26(30)33-24(16)23)22(17)27(31)34-28(5-2)11-15-9-18(28)20-14-7-6-13(8-14)19(15)20;1-4-11(3)20(24)27-18-15-9-14-16(21(25)28-19(14)18)17(15)22(26)29-23(5-2)10-12-6-7-13(23)8-12;1-4-11(2)18(22)25-16-13-10-12-14(19(23)26-17(12)16)15(13)20(24)27-21(3)8-6-5-7-9-21;1-4-6(2)14(18)22-5-7(17)23-12-10-8(15(19)21-3)9-11(24-10)13(12)25-16(9)20;1-3-6(2)13(16)18-5-9(15)20-11-8-4-7-10(19-8)12(11)21-14(7)17;;;;;;;;;;/h12-24H,4-11H2,1-3H3;11-19H,4-10H2,1-3H3;11-17H,4-10H2,1-3H3;6,8-13H,4-5H2,1-3H3;6-8,10-12H,3-5H2,1-2H3;10*1H4. The van der Waals surface area contributed by atoms with E-state index in [0.29, 0.717) is 81.5 Å². The average molecular weight is 2070 g/mol.